The fourth-order valence-corrected chi connectivity index (χ4v) is 7.38. The van der Waals surface area contributed by atoms with Crippen molar-refractivity contribution in [2.24, 2.45) is 23.2 Å². The number of nitrogens with one attached hydrogen (secondary N) is 1. The van der Waals surface area contributed by atoms with E-state index in [4.69, 9.17) is 9.47 Å². The molecule has 8 nitrogen and oxygen atoms in total. The van der Waals surface area contributed by atoms with Gasteiger partial charge in [-0.15, -0.1) is 0 Å². The Morgan fingerprint density at radius 3 is 2.20 bits per heavy atom. The number of methoxy groups -OCH3 is 2. The number of carbonyl (C=O) groups excluding carboxylic acids is 2. The fourth-order valence-electron chi connectivity index (χ4n) is 7.38. The molecule has 1 aliphatic heterocycles. The number of hydrogen-bond donors (Lipinski definition) is 1. The Kier molecular flexibility index (Phi) is 5.42. The summed E-state index contributed by atoms with van der Waals surface area (Å²) in [7, 11) is 3.13. The summed E-state index contributed by atoms with van der Waals surface area (Å²) in [6, 6.07) is 5.18. The molecule has 1 aromatic carbocycles. The van der Waals surface area contributed by atoms with Crippen LogP contribution in [0.25, 0.3) is 0 Å². The predicted molar refractivity (Wildman–Crippen MR) is 129 cm³/mol. The van der Waals surface area contributed by atoms with Crippen LogP contribution < -0.4 is 14.8 Å². The number of amides is 2. The zero-order valence-electron chi connectivity index (χ0n) is 20.4. The molecule has 4 saturated carbocycles. The summed E-state index contributed by atoms with van der Waals surface area (Å²) in [6.07, 6.45) is 9.06. The number of benzene rings is 1. The molecule has 4 fully saturated rings. The van der Waals surface area contributed by atoms with Gasteiger partial charge in [-0.1, -0.05) is 0 Å². The van der Waals surface area contributed by atoms with Gasteiger partial charge in [-0.2, -0.15) is 0 Å². The Hall–Kier alpha value is -3.16. The highest BCUT2D eigenvalue weighted by molar-refractivity contribution is 5.96. The molecule has 4 bridgehead atoms. The molecular formula is C27H32N4O4. The van der Waals surface area contributed by atoms with Crippen LogP contribution in [0.1, 0.15) is 60.1 Å². The molecular weight excluding hydrogens is 444 g/mol. The normalized spacial score (nSPS) is 28.4. The minimum atomic E-state index is -0.228. The van der Waals surface area contributed by atoms with Crippen molar-refractivity contribution in [1.82, 2.24) is 14.9 Å². The average molecular weight is 477 g/mol. The molecule has 0 radical (unpaired) electrons. The van der Waals surface area contributed by atoms with E-state index in [1.165, 1.54) is 25.6 Å². The van der Waals surface area contributed by atoms with Crippen LogP contribution in [0, 0.1) is 23.2 Å². The zero-order chi connectivity index (χ0) is 24.2. The third-order valence-electron chi connectivity index (χ3n) is 8.64. The molecule has 0 saturated heterocycles. The number of ether oxygens (including phenoxy) is 2. The van der Waals surface area contributed by atoms with Crippen molar-refractivity contribution >= 4 is 17.6 Å². The van der Waals surface area contributed by atoms with Crippen LogP contribution >= 0.6 is 0 Å². The minimum absolute atomic E-state index is 0.106. The summed E-state index contributed by atoms with van der Waals surface area (Å²) in [5.74, 6) is 3.92. The lowest BCUT2D eigenvalue weighted by Gasteiger charge is -2.55. The summed E-state index contributed by atoms with van der Waals surface area (Å²) >= 11 is 0. The van der Waals surface area contributed by atoms with Gasteiger partial charge in [0.25, 0.3) is 5.91 Å². The second kappa shape index (κ2) is 8.50. The lowest BCUT2D eigenvalue weighted by Crippen LogP contribution is -2.52. The first-order chi connectivity index (χ1) is 17.0. The topological polar surface area (TPSA) is 93.7 Å². The van der Waals surface area contributed by atoms with E-state index in [0.717, 1.165) is 30.5 Å². The maximum atomic E-state index is 13.6. The summed E-state index contributed by atoms with van der Waals surface area (Å²) in [6.45, 7) is 0.898. The van der Waals surface area contributed by atoms with Crippen molar-refractivity contribution < 1.29 is 19.1 Å². The molecule has 0 atom stereocenters. The fraction of sp³-hybridized carbons (Fsp3) is 0.556. The Morgan fingerprint density at radius 1 is 0.971 bits per heavy atom. The van der Waals surface area contributed by atoms with Gasteiger partial charge in [0.15, 0.2) is 0 Å². The number of fused-ring (bicyclic) bond motifs is 1. The zero-order valence-corrected chi connectivity index (χ0v) is 20.4. The van der Waals surface area contributed by atoms with E-state index >= 15 is 0 Å². The van der Waals surface area contributed by atoms with Crippen molar-refractivity contribution in [3.05, 3.63) is 41.3 Å². The molecule has 8 heteroatoms. The van der Waals surface area contributed by atoms with Gasteiger partial charge in [-0.05, 0) is 74.8 Å². The molecule has 2 aromatic rings. The molecule has 184 valence electrons. The smallest absolute Gasteiger partial charge is 0.254 e. The minimum Gasteiger partial charge on any atom is -0.497 e. The second-order valence-corrected chi connectivity index (χ2v) is 10.9. The average Bonchev–Trinajstić information content (AvgIpc) is 2.87. The summed E-state index contributed by atoms with van der Waals surface area (Å²) < 4.78 is 10.6. The van der Waals surface area contributed by atoms with Crippen molar-refractivity contribution in [1.29, 1.82) is 0 Å². The van der Waals surface area contributed by atoms with Crippen LogP contribution in [-0.2, 0) is 17.8 Å². The molecule has 35 heavy (non-hydrogen) atoms. The van der Waals surface area contributed by atoms with E-state index in [1.807, 2.05) is 0 Å². The number of anilines is 1. The van der Waals surface area contributed by atoms with Gasteiger partial charge in [0.05, 0.1) is 31.9 Å². The van der Waals surface area contributed by atoms with Crippen molar-refractivity contribution in [2.45, 2.75) is 51.5 Å². The number of rotatable bonds is 5. The maximum absolute atomic E-state index is 13.6. The Balaban J connectivity index is 1.20. The number of aromatic nitrogens is 2. The van der Waals surface area contributed by atoms with E-state index in [2.05, 4.69) is 15.3 Å². The molecule has 0 spiro atoms. The van der Waals surface area contributed by atoms with Gasteiger partial charge in [0.2, 0.25) is 5.91 Å². The van der Waals surface area contributed by atoms with Gasteiger partial charge in [-0.25, -0.2) is 9.97 Å². The molecule has 1 N–H and O–H groups in total. The van der Waals surface area contributed by atoms with Gasteiger partial charge in [-0.3, -0.25) is 9.59 Å². The predicted octanol–water partition coefficient (Wildman–Crippen LogP) is 3.85. The highest BCUT2D eigenvalue weighted by Gasteiger charge is 2.54. The van der Waals surface area contributed by atoms with Gasteiger partial charge >= 0.3 is 0 Å². The monoisotopic (exact) mass is 476 g/mol. The third kappa shape index (κ3) is 3.93. The Labute approximate surface area is 205 Å². The van der Waals surface area contributed by atoms with E-state index in [-0.39, 0.29) is 17.2 Å². The maximum Gasteiger partial charge on any atom is 0.254 e. The van der Waals surface area contributed by atoms with E-state index in [1.54, 1.807) is 37.3 Å². The number of nitrogens with zero attached hydrogens (tertiary/aromatic N) is 3. The van der Waals surface area contributed by atoms with Crippen LogP contribution in [0.3, 0.4) is 0 Å². The van der Waals surface area contributed by atoms with Crippen LogP contribution in [0.5, 0.6) is 11.5 Å². The Morgan fingerprint density at radius 2 is 1.60 bits per heavy atom. The third-order valence-corrected chi connectivity index (χ3v) is 8.64. The molecule has 2 heterocycles. The van der Waals surface area contributed by atoms with Crippen LogP contribution in [-0.4, -0.2) is 47.4 Å². The molecule has 1 aromatic heterocycles. The van der Waals surface area contributed by atoms with Crippen LogP contribution in [0.15, 0.2) is 24.5 Å². The molecule has 7 rings (SSSR count). The molecule has 2 amide bonds. The quantitative estimate of drug-likeness (QED) is 0.705. The standard InChI is InChI=1S/C27H32N4O4/c1-34-20-8-19(9-21(10-20)35-2)25(32)31-4-3-22-23(14-31)28-15-29-24(22)30-26(33)27-11-16-5-17(12-27)7-18(6-16)13-27/h8-10,15-18H,3-7,11-14H2,1-2H3,(H,28,29,30,33). The number of hydrogen-bond acceptors (Lipinski definition) is 6. The van der Waals surface area contributed by atoms with Crippen molar-refractivity contribution in [2.75, 3.05) is 26.1 Å². The lowest BCUT2D eigenvalue weighted by molar-refractivity contribution is -0.140. The highest BCUT2D eigenvalue weighted by Crippen LogP contribution is 2.60. The first-order valence-electron chi connectivity index (χ1n) is 12.6. The summed E-state index contributed by atoms with van der Waals surface area (Å²) in [5, 5.41) is 3.21. The Bertz CT molecular complexity index is 1120. The van der Waals surface area contributed by atoms with E-state index < -0.39 is 0 Å². The summed E-state index contributed by atoms with van der Waals surface area (Å²) in [5.41, 5.74) is 2.01. The van der Waals surface area contributed by atoms with Gasteiger partial charge in [0.1, 0.15) is 23.6 Å². The number of carbonyl (C=O) groups is 2. The van der Waals surface area contributed by atoms with Gasteiger partial charge < -0.3 is 19.7 Å². The van der Waals surface area contributed by atoms with Crippen LogP contribution in [0.4, 0.5) is 5.82 Å². The van der Waals surface area contributed by atoms with Crippen molar-refractivity contribution in [3.8, 4) is 11.5 Å². The van der Waals surface area contributed by atoms with E-state index in [0.29, 0.717) is 60.1 Å². The van der Waals surface area contributed by atoms with Crippen molar-refractivity contribution in [3.63, 3.8) is 0 Å². The van der Waals surface area contributed by atoms with E-state index in [9.17, 15) is 9.59 Å². The highest BCUT2D eigenvalue weighted by atomic mass is 16.5. The first kappa shape index (κ1) is 22.3. The molecule has 5 aliphatic rings. The summed E-state index contributed by atoms with van der Waals surface area (Å²) in [4.78, 5) is 37.5. The van der Waals surface area contributed by atoms with Crippen LogP contribution in [0.2, 0.25) is 0 Å². The first-order valence-corrected chi connectivity index (χ1v) is 12.6. The lowest BCUT2D eigenvalue weighted by atomic mass is 9.49. The second-order valence-electron chi connectivity index (χ2n) is 10.9. The SMILES string of the molecule is COc1cc(OC)cc(C(=O)N2CCc3c(ncnc3NC(=O)C34CC5CC(CC(C5)C3)C4)C2)c1. The van der Waals surface area contributed by atoms with Gasteiger partial charge in [0, 0.05) is 23.7 Å². The molecule has 0 unspecified atom stereocenters. The molecule has 4 aliphatic carbocycles. The largest absolute Gasteiger partial charge is 0.497 e.